The molecule has 0 amide bonds. The number of nitrogen functional groups attached to an aromatic ring is 1. The predicted octanol–water partition coefficient (Wildman–Crippen LogP) is 3.63. The summed E-state index contributed by atoms with van der Waals surface area (Å²) < 4.78 is 56.3. The van der Waals surface area contributed by atoms with Gasteiger partial charge in [0.05, 0.1) is 31.9 Å². The second-order valence-electron chi connectivity index (χ2n) is 6.12. The molecule has 16 heteroatoms. The molecule has 0 saturated carbocycles. The van der Waals surface area contributed by atoms with Crippen LogP contribution in [0.15, 0.2) is 67.4 Å². The fourth-order valence-corrected chi connectivity index (χ4v) is 4.42. The summed E-state index contributed by atoms with van der Waals surface area (Å²) in [5.74, 6) is -0.549. The molecule has 12 nitrogen and oxygen atoms in total. The van der Waals surface area contributed by atoms with E-state index in [1.54, 1.807) is 0 Å². The van der Waals surface area contributed by atoms with E-state index in [2.05, 4.69) is 24.3 Å². The summed E-state index contributed by atoms with van der Waals surface area (Å²) in [4.78, 5) is 4.30. The molecule has 0 aliphatic heterocycles. The van der Waals surface area contributed by atoms with Crippen LogP contribution in [0, 0.1) is 0 Å². The first-order chi connectivity index (χ1) is 15.7. The van der Waals surface area contributed by atoms with E-state index >= 15 is 0 Å². The molecule has 3 aromatic carbocycles. The number of azo groups is 1. The van der Waals surface area contributed by atoms with E-state index in [1.165, 1.54) is 49.6 Å². The molecule has 0 aliphatic rings. The standard InChI is InChI=1S/C18H17N3O9S3.Y/c1-27-29-30-31-12-7-10-8-15(33(25,26)28-2)17(18(22)16(10)14(19)9-12)21-20-11-3-5-13(6-4-11)32(23)24;/h3-9,22H,19H2,1-2H3,(H,23,24);/p-1. The summed E-state index contributed by atoms with van der Waals surface area (Å²) in [6, 6.07) is 9.46. The van der Waals surface area contributed by atoms with Crippen molar-refractivity contribution >= 4 is 61.1 Å². The molecule has 1 unspecified atom stereocenters. The fraction of sp³-hybridized carbons (Fsp3) is 0.111. The number of phenols is 1. The van der Waals surface area contributed by atoms with E-state index in [0.717, 1.165) is 19.2 Å². The number of phenolic OH excluding ortho intramolecular Hbond substituents is 1. The van der Waals surface area contributed by atoms with Crippen LogP contribution in [-0.4, -0.2) is 36.5 Å². The molecule has 179 valence electrons. The number of nitrogens with two attached hydrogens (primary N) is 1. The SMILES string of the molecule is COOOSc1cc(N)c2c(O)c(N=Nc3ccc(S(=O)[O-])cc3)c(S(=O)(=O)OC)cc2c1.[Y]. The Bertz CT molecular complexity index is 1340. The Kier molecular flexibility index (Phi) is 10.5. The van der Waals surface area contributed by atoms with Gasteiger partial charge in [0.1, 0.15) is 10.6 Å². The van der Waals surface area contributed by atoms with Gasteiger partial charge in [-0.3, -0.25) is 8.39 Å². The molecule has 3 rings (SSSR count). The molecule has 34 heavy (non-hydrogen) atoms. The molecule has 0 aliphatic carbocycles. The summed E-state index contributed by atoms with van der Waals surface area (Å²) in [5.41, 5.74) is 5.95. The van der Waals surface area contributed by atoms with Crippen LogP contribution in [0.4, 0.5) is 17.1 Å². The number of hydrogen-bond donors (Lipinski definition) is 2. The van der Waals surface area contributed by atoms with Crippen LogP contribution in [0.1, 0.15) is 0 Å². The maximum atomic E-state index is 12.5. The van der Waals surface area contributed by atoms with Gasteiger partial charge in [-0.2, -0.15) is 13.5 Å². The zero-order valence-corrected chi connectivity index (χ0v) is 22.8. The molecule has 1 atom stereocenters. The minimum absolute atomic E-state index is 0. The number of aromatic hydroxyl groups is 1. The van der Waals surface area contributed by atoms with Crippen LogP contribution in [0.25, 0.3) is 10.8 Å². The second kappa shape index (κ2) is 12.4. The summed E-state index contributed by atoms with van der Waals surface area (Å²) in [5, 5.41) is 23.3. The summed E-state index contributed by atoms with van der Waals surface area (Å²) in [6.07, 6.45) is 0. The van der Waals surface area contributed by atoms with Crippen molar-refractivity contribution in [2.45, 2.75) is 14.7 Å². The Morgan fingerprint density at radius 3 is 2.38 bits per heavy atom. The zero-order valence-electron chi connectivity index (χ0n) is 17.5. The first-order valence-corrected chi connectivity index (χ1v) is 11.9. The average molecular weight is 603 g/mol. The number of hydrogen-bond acceptors (Lipinski definition) is 13. The molecule has 0 heterocycles. The summed E-state index contributed by atoms with van der Waals surface area (Å²) in [6.45, 7) is 0. The van der Waals surface area contributed by atoms with Gasteiger partial charge in [0.15, 0.2) is 5.75 Å². The third-order valence-corrected chi connectivity index (χ3v) is 6.66. The Balaban J connectivity index is 0.00000408. The van der Waals surface area contributed by atoms with Crippen molar-refractivity contribution in [3.63, 3.8) is 0 Å². The molecule has 0 saturated heterocycles. The molecular weight excluding hydrogens is 587 g/mol. The number of anilines is 1. The van der Waals surface area contributed by atoms with Crippen LogP contribution < -0.4 is 5.73 Å². The van der Waals surface area contributed by atoms with Crippen molar-refractivity contribution in [2.75, 3.05) is 20.0 Å². The normalized spacial score (nSPS) is 12.7. The average Bonchev–Trinajstić information content (AvgIpc) is 2.78. The van der Waals surface area contributed by atoms with Gasteiger partial charge in [0, 0.05) is 53.6 Å². The third kappa shape index (κ3) is 6.57. The number of nitrogens with zero attached hydrogens (tertiary/aromatic N) is 2. The molecule has 3 aromatic rings. The summed E-state index contributed by atoms with van der Waals surface area (Å²) >= 11 is -1.68. The van der Waals surface area contributed by atoms with Gasteiger partial charge >= 0.3 is 0 Å². The first kappa shape index (κ1) is 28.7. The third-order valence-electron chi connectivity index (χ3n) is 4.16. The quantitative estimate of drug-likeness (QED) is 0.0532. The Morgan fingerprint density at radius 2 is 1.79 bits per heavy atom. The van der Waals surface area contributed by atoms with E-state index in [-0.39, 0.29) is 59.8 Å². The van der Waals surface area contributed by atoms with Crippen LogP contribution >= 0.6 is 12.0 Å². The fourth-order valence-electron chi connectivity index (χ4n) is 2.73. The van der Waals surface area contributed by atoms with Crippen LogP contribution in [0.3, 0.4) is 0 Å². The van der Waals surface area contributed by atoms with Crippen molar-refractivity contribution in [1.82, 2.24) is 0 Å². The van der Waals surface area contributed by atoms with Gasteiger partial charge in [0.2, 0.25) is 0 Å². The van der Waals surface area contributed by atoms with Crippen molar-refractivity contribution < 1.29 is 73.4 Å². The van der Waals surface area contributed by atoms with E-state index < -0.39 is 37.5 Å². The molecule has 0 aromatic heterocycles. The van der Waals surface area contributed by atoms with Crippen LogP contribution in [0.5, 0.6) is 5.75 Å². The van der Waals surface area contributed by atoms with Crippen LogP contribution in [-0.2, 0) is 72.4 Å². The van der Waals surface area contributed by atoms with Crippen molar-refractivity contribution in [3.05, 3.63) is 42.5 Å². The van der Waals surface area contributed by atoms with Crippen molar-refractivity contribution in [3.8, 4) is 5.75 Å². The number of benzene rings is 3. The van der Waals surface area contributed by atoms with Gasteiger partial charge in [-0.05, 0) is 58.9 Å². The Hall–Kier alpha value is -1.53. The Labute approximate surface area is 226 Å². The smallest absolute Gasteiger partial charge is 0.299 e. The van der Waals surface area contributed by atoms with E-state index in [4.69, 9.17) is 10.1 Å². The van der Waals surface area contributed by atoms with Crippen molar-refractivity contribution in [2.24, 2.45) is 10.2 Å². The maximum Gasteiger partial charge on any atom is 0.299 e. The first-order valence-electron chi connectivity index (χ1n) is 8.73. The van der Waals surface area contributed by atoms with Gasteiger partial charge in [-0.25, -0.2) is 4.89 Å². The van der Waals surface area contributed by atoms with Gasteiger partial charge in [0.25, 0.3) is 10.1 Å². The topological polar surface area (TPSA) is 182 Å². The summed E-state index contributed by atoms with van der Waals surface area (Å²) in [7, 11) is -2.14. The molecule has 0 bridgehead atoms. The van der Waals surface area contributed by atoms with Gasteiger partial charge < -0.3 is 15.4 Å². The Morgan fingerprint density at radius 1 is 1.12 bits per heavy atom. The van der Waals surface area contributed by atoms with Crippen molar-refractivity contribution in [1.29, 1.82) is 0 Å². The number of fused-ring (bicyclic) bond motifs is 1. The molecule has 0 spiro atoms. The minimum Gasteiger partial charge on any atom is -0.768 e. The van der Waals surface area contributed by atoms with E-state index in [0.29, 0.717) is 4.90 Å². The number of rotatable bonds is 9. The zero-order chi connectivity index (χ0) is 24.2. The largest absolute Gasteiger partial charge is 0.768 e. The van der Waals surface area contributed by atoms with E-state index in [9.17, 15) is 22.3 Å². The molecule has 0 fully saturated rings. The van der Waals surface area contributed by atoms with Gasteiger partial charge in [-0.1, -0.05) is 5.04 Å². The van der Waals surface area contributed by atoms with E-state index in [1.807, 2.05) is 0 Å². The predicted molar refractivity (Wildman–Crippen MR) is 117 cm³/mol. The second-order valence-corrected chi connectivity index (χ2v) is 9.51. The molecular formula is C18H16N3O9S3Y-. The van der Waals surface area contributed by atoms with Crippen LogP contribution in [0.2, 0.25) is 0 Å². The minimum atomic E-state index is -4.33. The monoisotopic (exact) mass is 603 g/mol. The van der Waals surface area contributed by atoms with Gasteiger partial charge in [-0.15, -0.1) is 9.45 Å². The molecule has 3 N–H and O–H groups in total. The molecule has 1 radical (unpaired) electrons. The maximum absolute atomic E-state index is 12.5.